The Labute approximate surface area is 269 Å². The van der Waals surface area contributed by atoms with E-state index in [0.29, 0.717) is 0 Å². The van der Waals surface area contributed by atoms with E-state index in [9.17, 15) is 0 Å². The average molecular weight is 624 g/mol. The Morgan fingerprint density at radius 1 is 0.568 bits per heavy atom. The standard InChI is InChI=1S/C36H36Cl2N6/c37-29-14-10-27(11-15-29)35(28-12-16-30(38)17-13-28)43-20-18-41(19-21-43)26-34-39-33-9-5-4-8-32(33)36(40-34)44-24-22-42(23-25-44)31-6-2-1-3-7-31/h1-17,35H,18-26H2. The van der Waals surface area contributed by atoms with Crippen LogP contribution in [0.2, 0.25) is 10.0 Å². The van der Waals surface area contributed by atoms with Gasteiger partial charge in [0.1, 0.15) is 11.6 Å². The zero-order chi connectivity index (χ0) is 29.9. The maximum atomic E-state index is 6.24. The van der Waals surface area contributed by atoms with Crippen molar-refractivity contribution in [1.29, 1.82) is 0 Å². The molecule has 0 saturated carbocycles. The molecule has 5 aromatic rings. The van der Waals surface area contributed by atoms with Crippen LogP contribution in [-0.2, 0) is 6.54 Å². The molecule has 1 aromatic heterocycles. The fraction of sp³-hybridized carbons (Fsp3) is 0.278. The summed E-state index contributed by atoms with van der Waals surface area (Å²) in [5.74, 6) is 1.95. The number of para-hydroxylation sites is 2. The zero-order valence-corrected chi connectivity index (χ0v) is 26.2. The Morgan fingerprint density at radius 3 is 1.77 bits per heavy atom. The van der Waals surface area contributed by atoms with Gasteiger partial charge in [-0.15, -0.1) is 0 Å². The summed E-state index contributed by atoms with van der Waals surface area (Å²) in [4.78, 5) is 20.2. The monoisotopic (exact) mass is 622 g/mol. The number of anilines is 2. The van der Waals surface area contributed by atoms with Crippen molar-refractivity contribution in [2.45, 2.75) is 12.6 Å². The Balaban J connectivity index is 1.06. The van der Waals surface area contributed by atoms with Gasteiger partial charge in [0.25, 0.3) is 0 Å². The summed E-state index contributed by atoms with van der Waals surface area (Å²) in [6.07, 6.45) is 0. The SMILES string of the molecule is Clc1ccc(C(c2ccc(Cl)cc2)N2CCN(Cc3nc(N4CCN(c5ccccc5)CC4)c4ccccc4n3)CC2)cc1. The second-order valence-electron chi connectivity index (χ2n) is 11.6. The number of rotatable bonds is 7. The number of aromatic nitrogens is 2. The molecule has 224 valence electrons. The number of fused-ring (bicyclic) bond motifs is 1. The second-order valence-corrected chi connectivity index (χ2v) is 12.5. The van der Waals surface area contributed by atoms with Gasteiger partial charge in [0.05, 0.1) is 18.1 Å². The van der Waals surface area contributed by atoms with Crippen molar-refractivity contribution in [2.24, 2.45) is 0 Å². The number of piperazine rings is 2. The lowest BCUT2D eigenvalue weighted by atomic mass is 9.96. The molecule has 0 bridgehead atoms. The Hall–Kier alpha value is -3.68. The third-order valence-corrected chi connectivity index (χ3v) is 9.34. The summed E-state index contributed by atoms with van der Waals surface area (Å²) in [6, 6.07) is 35.7. The van der Waals surface area contributed by atoms with E-state index < -0.39 is 0 Å². The molecule has 2 fully saturated rings. The molecular weight excluding hydrogens is 587 g/mol. The van der Waals surface area contributed by atoms with E-state index in [1.807, 2.05) is 24.3 Å². The highest BCUT2D eigenvalue weighted by molar-refractivity contribution is 6.30. The van der Waals surface area contributed by atoms with E-state index >= 15 is 0 Å². The normalized spacial score (nSPS) is 16.6. The number of benzene rings is 4. The van der Waals surface area contributed by atoms with Crippen LogP contribution in [0.15, 0.2) is 103 Å². The summed E-state index contributed by atoms with van der Waals surface area (Å²) in [7, 11) is 0. The van der Waals surface area contributed by atoms with Gasteiger partial charge >= 0.3 is 0 Å². The highest BCUT2D eigenvalue weighted by Crippen LogP contribution is 2.32. The quantitative estimate of drug-likeness (QED) is 0.192. The first-order valence-corrected chi connectivity index (χ1v) is 16.1. The van der Waals surface area contributed by atoms with Gasteiger partial charge in [0, 0.05) is 73.5 Å². The molecule has 2 aliphatic rings. The van der Waals surface area contributed by atoms with Gasteiger partial charge in [-0.3, -0.25) is 9.80 Å². The van der Waals surface area contributed by atoms with E-state index in [4.69, 9.17) is 33.2 Å². The summed E-state index contributed by atoms with van der Waals surface area (Å²) in [6.45, 7) is 8.33. The second kappa shape index (κ2) is 13.1. The van der Waals surface area contributed by atoms with E-state index in [1.165, 1.54) is 16.8 Å². The van der Waals surface area contributed by atoms with Crippen LogP contribution in [0.5, 0.6) is 0 Å². The molecule has 44 heavy (non-hydrogen) atoms. The Morgan fingerprint density at radius 2 is 1.14 bits per heavy atom. The van der Waals surface area contributed by atoms with E-state index in [-0.39, 0.29) is 6.04 Å². The first kappa shape index (κ1) is 29.1. The van der Waals surface area contributed by atoms with Gasteiger partial charge in [0.2, 0.25) is 0 Å². The third kappa shape index (κ3) is 6.40. The number of halogens is 2. The van der Waals surface area contributed by atoms with Crippen LogP contribution < -0.4 is 9.80 Å². The molecule has 6 nitrogen and oxygen atoms in total. The molecule has 0 aliphatic carbocycles. The van der Waals surface area contributed by atoms with Crippen LogP contribution in [0.1, 0.15) is 23.0 Å². The first-order chi connectivity index (χ1) is 21.6. The van der Waals surface area contributed by atoms with Gasteiger partial charge in [-0.1, -0.05) is 77.8 Å². The molecule has 0 spiro atoms. The predicted octanol–water partition coefficient (Wildman–Crippen LogP) is 7.17. The smallest absolute Gasteiger partial charge is 0.145 e. The van der Waals surface area contributed by atoms with Gasteiger partial charge < -0.3 is 9.80 Å². The fourth-order valence-electron chi connectivity index (χ4n) is 6.52. The molecule has 4 aromatic carbocycles. The van der Waals surface area contributed by atoms with Crippen molar-refractivity contribution in [3.8, 4) is 0 Å². The minimum absolute atomic E-state index is 0.143. The highest BCUT2D eigenvalue weighted by Gasteiger charge is 2.28. The fourth-order valence-corrected chi connectivity index (χ4v) is 6.77. The van der Waals surface area contributed by atoms with Crippen LogP contribution in [0, 0.1) is 0 Å². The van der Waals surface area contributed by atoms with Crippen LogP contribution in [-0.4, -0.2) is 72.1 Å². The molecule has 0 amide bonds. The van der Waals surface area contributed by atoms with Crippen LogP contribution in [0.4, 0.5) is 11.5 Å². The predicted molar refractivity (Wildman–Crippen MR) is 182 cm³/mol. The van der Waals surface area contributed by atoms with E-state index in [2.05, 4.69) is 98.5 Å². The third-order valence-electron chi connectivity index (χ3n) is 8.84. The lowest BCUT2D eigenvalue weighted by Crippen LogP contribution is -2.48. The molecule has 3 heterocycles. The van der Waals surface area contributed by atoms with E-state index in [1.54, 1.807) is 0 Å². The zero-order valence-electron chi connectivity index (χ0n) is 24.7. The lowest BCUT2D eigenvalue weighted by Gasteiger charge is -2.40. The molecule has 0 N–H and O–H groups in total. The van der Waals surface area contributed by atoms with Crippen molar-refractivity contribution in [2.75, 3.05) is 62.2 Å². The maximum absolute atomic E-state index is 6.24. The summed E-state index contributed by atoms with van der Waals surface area (Å²) in [5.41, 5.74) is 4.77. The molecule has 0 unspecified atom stereocenters. The summed E-state index contributed by atoms with van der Waals surface area (Å²) >= 11 is 12.5. The summed E-state index contributed by atoms with van der Waals surface area (Å²) in [5, 5.41) is 2.63. The van der Waals surface area contributed by atoms with Crippen molar-refractivity contribution in [3.05, 3.63) is 130 Å². The molecule has 8 heteroatoms. The van der Waals surface area contributed by atoms with Crippen LogP contribution in [0.3, 0.4) is 0 Å². The molecular formula is C36H36Cl2N6. The molecule has 2 aliphatic heterocycles. The first-order valence-electron chi connectivity index (χ1n) is 15.4. The van der Waals surface area contributed by atoms with Crippen molar-refractivity contribution >= 4 is 45.6 Å². The minimum Gasteiger partial charge on any atom is -0.368 e. The molecule has 7 rings (SSSR count). The van der Waals surface area contributed by atoms with Crippen molar-refractivity contribution in [3.63, 3.8) is 0 Å². The van der Waals surface area contributed by atoms with Gasteiger partial charge in [-0.05, 0) is 59.7 Å². The number of hydrogen-bond acceptors (Lipinski definition) is 6. The highest BCUT2D eigenvalue weighted by atomic mass is 35.5. The topological polar surface area (TPSA) is 38.7 Å². The number of hydrogen-bond donors (Lipinski definition) is 0. The average Bonchev–Trinajstić information content (AvgIpc) is 3.07. The van der Waals surface area contributed by atoms with Gasteiger partial charge in [0.15, 0.2) is 0 Å². The maximum Gasteiger partial charge on any atom is 0.145 e. The van der Waals surface area contributed by atoms with Crippen molar-refractivity contribution < 1.29 is 0 Å². The molecule has 2 saturated heterocycles. The van der Waals surface area contributed by atoms with Gasteiger partial charge in [-0.2, -0.15) is 0 Å². The number of nitrogens with zero attached hydrogens (tertiary/aromatic N) is 6. The van der Waals surface area contributed by atoms with Crippen LogP contribution >= 0.6 is 23.2 Å². The Bertz CT molecular complexity index is 1640. The van der Waals surface area contributed by atoms with Gasteiger partial charge in [-0.25, -0.2) is 9.97 Å². The van der Waals surface area contributed by atoms with E-state index in [0.717, 1.165) is 91.5 Å². The lowest BCUT2D eigenvalue weighted by molar-refractivity contribution is 0.103. The summed E-state index contributed by atoms with van der Waals surface area (Å²) < 4.78 is 0. The van der Waals surface area contributed by atoms with Crippen LogP contribution in [0.25, 0.3) is 10.9 Å². The molecule has 0 atom stereocenters. The Kier molecular flexibility index (Phi) is 8.67. The minimum atomic E-state index is 0.143. The molecule has 0 radical (unpaired) electrons. The largest absolute Gasteiger partial charge is 0.368 e. The van der Waals surface area contributed by atoms with Crippen molar-refractivity contribution in [1.82, 2.24) is 19.8 Å².